The Kier molecular flexibility index (Phi) is 8.22. The molecule has 2 unspecified atom stereocenters. The molecule has 0 saturated heterocycles. The fourth-order valence-corrected chi connectivity index (χ4v) is 6.24. The number of Topliss-reactive ketones (excluding diaryl/α,β-unsaturated/α-hetero) is 2. The fraction of sp³-hybridized carbons (Fsp3) is 0.278. The van der Waals surface area contributed by atoms with Gasteiger partial charge in [-0.1, -0.05) is 96.2 Å². The SMILES string of the molecule is O=C1CC(c2ccccc2)CC(O)=C1C(CCc1noc2c1C(=O)CC(c1ccccc1)C2)=NCCc1ccccc1. The monoisotopic (exact) mass is 558 g/mol. The number of allylic oxidation sites excluding steroid dienone is 2. The van der Waals surface area contributed by atoms with Crippen LogP contribution in [0.25, 0.3) is 0 Å². The molecular formula is C36H34N2O4. The van der Waals surface area contributed by atoms with E-state index in [4.69, 9.17) is 9.52 Å². The molecule has 2 aliphatic rings. The number of hydrogen-bond acceptors (Lipinski definition) is 6. The molecule has 0 bridgehead atoms. The maximum absolute atomic E-state index is 13.5. The molecule has 1 heterocycles. The molecule has 0 amide bonds. The van der Waals surface area contributed by atoms with E-state index in [9.17, 15) is 14.7 Å². The van der Waals surface area contributed by atoms with Gasteiger partial charge in [0.25, 0.3) is 0 Å². The molecule has 0 aliphatic heterocycles. The minimum absolute atomic E-state index is 0.0328. The summed E-state index contributed by atoms with van der Waals surface area (Å²) in [5.41, 5.74) is 5.38. The third-order valence-corrected chi connectivity index (χ3v) is 8.39. The van der Waals surface area contributed by atoms with Gasteiger partial charge in [-0.2, -0.15) is 0 Å². The lowest BCUT2D eigenvalue weighted by atomic mass is 9.80. The predicted octanol–water partition coefficient (Wildman–Crippen LogP) is 7.16. The second-order valence-corrected chi connectivity index (χ2v) is 11.2. The quantitative estimate of drug-likeness (QED) is 0.220. The maximum Gasteiger partial charge on any atom is 0.168 e. The molecule has 212 valence electrons. The molecule has 1 N–H and O–H groups in total. The van der Waals surface area contributed by atoms with Crippen molar-refractivity contribution < 1.29 is 19.2 Å². The molecule has 4 aromatic rings. The van der Waals surface area contributed by atoms with Crippen molar-refractivity contribution in [2.75, 3.05) is 6.54 Å². The number of aromatic nitrogens is 1. The Bertz CT molecular complexity index is 1620. The molecule has 42 heavy (non-hydrogen) atoms. The van der Waals surface area contributed by atoms with Crippen molar-refractivity contribution in [2.24, 2.45) is 4.99 Å². The summed E-state index contributed by atoms with van der Waals surface area (Å²) < 4.78 is 5.69. The van der Waals surface area contributed by atoms with Gasteiger partial charge in [-0.25, -0.2) is 0 Å². The maximum atomic E-state index is 13.5. The minimum Gasteiger partial charge on any atom is -0.511 e. The number of benzene rings is 3. The van der Waals surface area contributed by atoms with E-state index in [1.807, 2.05) is 78.9 Å². The third kappa shape index (κ3) is 6.03. The molecule has 0 radical (unpaired) electrons. The Labute approximate surface area is 245 Å². The summed E-state index contributed by atoms with van der Waals surface area (Å²) >= 11 is 0. The number of rotatable bonds is 9. The van der Waals surface area contributed by atoms with Crippen LogP contribution in [-0.4, -0.2) is 34.1 Å². The van der Waals surface area contributed by atoms with Gasteiger partial charge in [0.05, 0.1) is 16.8 Å². The van der Waals surface area contributed by atoms with Crippen molar-refractivity contribution in [3.63, 3.8) is 0 Å². The molecule has 2 atom stereocenters. The normalized spacial score (nSPS) is 19.2. The molecule has 2 aliphatic carbocycles. The summed E-state index contributed by atoms with van der Waals surface area (Å²) in [4.78, 5) is 31.6. The van der Waals surface area contributed by atoms with Crippen LogP contribution < -0.4 is 0 Å². The van der Waals surface area contributed by atoms with Crippen molar-refractivity contribution in [1.29, 1.82) is 0 Å². The first-order valence-corrected chi connectivity index (χ1v) is 14.7. The van der Waals surface area contributed by atoms with Crippen LogP contribution in [0.1, 0.15) is 76.0 Å². The number of ketones is 2. The van der Waals surface area contributed by atoms with Crippen LogP contribution in [0.5, 0.6) is 0 Å². The van der Waals surface area contributed by atoms with Crippen LogP contribution >= 0.6 is 0 Å². The number of aliphatic hydroxyl groups excluding tert-OH is 1. The fourth-order valence-electron chi connectivity index (χ4n) is 6.24. The van der Waals surface area contributed by atoms with Gasteiger partial charge in [-0.3, -0.25) is 14.6 Å². The lowest BCUT2D eigenvalue weighted by Gasteiger charge is -2.25. The van der Waals surface area contributed by atoms with Crippen molar-refractivity contribution in [3.8, 4) is 0 Å². The van der Waals surface area contributed by atoms with E-state index in [1.165, 1.54) is 0 Å². The van der Waals surface area contributed by atoms with E-state index in [-0.39, 0.29) is 29.2 Å². The zero-order valence-electron chi connectivity index (χ0n) is 23.5. The second kappa shape index (κ2) is 12.5. The molecule has 3 aromatic carbocycles. The van der Waals surface area contributed by atoms with Crippen LogP contribution in [0.15, 0.2) is 112 Å². The number of nitrogens with zero attached hydrogens (tertiary/aromatic N) is 2. The highest BCUT2D eigenvalue weighted by Crippen LogP contribution is 2.36. The van der Waals surface area contributed by atoms with Gasteiger partial charge < -0.3 is 9.63 Å². The Morgan fingerprint density at radius 3 is 2.00 bits per heavy atom. The molecule has 6 rings (SSSR count). The topological polar surface area (TPSA) is 92.8 Å². The molecule has 0 saturated carbocycles. The van der Waals surface area contributed by atoms with Crippen LogP contribution in [0, 0.1) is 0 Å². The summed E-state index contributed by atoms with van der Waals surface area (Å²) in [7, 11) is 0. The third-order valence-electron chi connectivity index (χ3n) is 8.39. The second-order valence-electron chi connectivity index (χ2n) is 11.2. The number of aliphatic hydroxyl groups is 1. The van der Waals surface area contributed by atoms with Crippen molar-refractivity contribution >= 4 is 17.3 Å². The van der Waals surface area contributed by atoms with Gasteiger partial charge in [0.2, 0.25) is 0 Å². The average molecular weight is 559 g/mol. The number of fused-ring (bicyclic) bond motifs is 1. The highest BCUT2D eigenvalue weighted by Gasteiger charge is 2.34. The first kappa shape index (κ1) is 27.6. The van der Waals surface area contributed by atoms with E-state index in [2.05, 4.69) is 17.3 Å². The first-order chi connectivity index (χ1) is 20.6. The van der Waals surface area contributed by atoms with E-state index >= 15 is 0 Å². The van der Waals surface area contributed by atoms with Crippen molar-refractivity contribution in [3.05, 3.63) is 136 Å². The van der Waals surface area contributed by atoms with E-state index in [0.717, 1.165) is 23.1 Å². The van der Waals surface area contributed by atoms with E-state index in [0.29, 0.717) is 73.4 Å². The number of carbonyl (C=O) groups excluding carboxylic acids is 2. The number of hydrogen-bond donors (Lipinski definition) is 1. The lowest BCUT2D eigenvalue weighted by molar-refractivity contribution is -0.116. The predicted molar refractivity (Wildman–Crippen MR) is 162 cm³/mol. The summed E-state index contributed by atoms with van der Waals surface area (Å²) in [6.45, 7) is 0.486. The molecule has 6 nitrogen and oxygen atoms in total. The highest BCUT2D eigenvalue weighted by molar-refractivity contribution is 6.23. The minimum atomic E-state index is -0.102. The van der Waals surface area contributed by atoms with Gasteiger partial charge in [0.15, 0.2) is 11.6 Å². The molecule has 1 aromatic heterocycles. The van der Waals surface area contributed by atoms with Crippen LogP contribution in [0.3, 0.4) is 0 Å². The Hall–Kier alpha value is -4.58. The Balaban J connectivity index is 1.23. The van der Waals surface area contributed by atoms with Crippen LogP contribution in [0.2, 0.25) is 0 Å². The standard InChI is InChI=1S/C36H34N2O4/c39-31-20-27(25-12-6-2-7-13-25)21-32(40)35(31)29(37-19-18-24-10-4-1-5-11-24)16-17-30-36-33(41)22-28(23-34(36)42-38-30)26-14-8-3-9-15-26/h1-15,27-28,39H,16-23H2. The molecule has 0 fully saturated rings. The summed E-state index contributed by atoms with van der Waals surface area (Å²) in [6, 6.07) is 30.0. The smallest absolute Gasteiger partial charge is 0.168 e. The highest BCUT2D eigenvalue weighted by atomic mass is 16.5. The number of carbonyl (C=O) groups is 2. The zero-order chi connectivity index (χ0) is 28.9. The molecule has 0 spiro atoms. The van der Waals surface area contributed by atoms with Gasteiger partial charge >= 0.3 is 0 Å². The van der Waals surface area contributed by atoms with Crippen LogP contribution in [0.4, 0.5) is 0 Å². The summed E-state index contributed by atoms with van der Waals surface area (Å²) in [5, 5.41) is 15.5. The van der Waals surface area contributed by atoms with Crippen LogP contribution in [-0.2, 0) is 24.1 Å². The Morgan fingerprint density at radius 1 is 0.762 bits per heavy atom. The average Bonchev–Trinajstić information content (AvgIpc) is 3.44. The van der Waals surface area contributed by atoms with Gasteiger partial charge in [0, 0.05) is 37.9 Å². The zero-order valence-corrected chi connectivity index (χ0v) is 23.5. The summed E-state index contributed by atoms with van der Waals surface area (Å²) in [5.74, 6) is 0.648. The van der Waals surface area contributed by atoms with Gasteiger partial charge in [0.1, 0.15) is 11.5 Å². The largest absolute Gasteiger partial charge is 0.511 e. The van der Waals surface area contributed by atoms with Crippen molar-refractivity contribution in [2.45, 2.75) is 56.8 Å². The Morgan fingerprint density at radius 2 is 1.36 bits per heavy atom. The molecular weight excluding hydrogens is 524 g/mol. The van der Waals surface area contributed by atoms with E-state index in [1.54, 1.807) is 0 Å². The molecule has 6 heteroatoms. The van der Waals surface area contributed by atoms with Gasteiger partial charge in [-0.05, 0) is 47.8 Å². The van der Waals surface area contributed by atoms with Crippen molar-refractivity contribution in [1.82, 2.24) is 5.16 Å². The first-order valence-electron chi connectivity index (χ1n) is 14.7. The summed E-state index contributed by atoms with van der Waals surface area (Å²) in [6.07, 6.45) is 3.25. The van der Waals surface area contributed by atoms with E-state index < -0.39 is 0 Å². The van der Waals surface area contributed by atoms with Gasteiger partial charge in [-0.15, -0.1) is 0 Å². The lowest BCUT2D eigenvalue weighted by Crippen LogP contribution is -2.25. The number of aliphatic imine (C=N–C) groups is 1. The number of aryl methyl sites for hydroxylation is 1.